The second-order valence-corrected chi connectivity index (χ2v) is 17.0. The first-order valence-corrected chi connectivity index (χ1v) is 22.2. The molecule has 0 amide bonds. The van der Waals surface area contributed by atoms with Crippen LogP contribution < -0.4 is 16.0 Å². The minimum Gasteiger partial charge on any atom is -0.382 e. The third kappa shape index (κ3) is 8.08. The third-order valence-corrected chi connectivity index (χ3v) is 12.7. The van der Waals surface area contributed by atoms with Gasteiger partial charge in [0, 0.05) is 28.4 Å². The van der Waals surface area contributed by atoms with Gasteiger partial charge in [0.1, 0.15) is 36.3 Å². The summed E-state index contributed by atoms with van der Waals surface area (Å²) in [4.78, 5) is 15.4. The number of amidine groups is 2. The van der Waals surface area contributed by atoms with Crippen LogP contribution in [0, 0.1) is 0 Å². The fourth-order valence-electron chi connectivity index (χ4n) is 9.39. The Morgan fingerprint density at radius 1 is 0.422 bits per heavy atom. The first-order valence-electron chi connectivity index (χ1n) is 22.2. The summed E-state index contributed by atoms with van der Waals surface area (Å²) in [7, 11) is 4.30. The van der Waals surface area contributed by atoms with E-state index in [0.29, 0.717) is 0 Å². The van der Waals surface area contributed by atoms with E-state index in [-0.39, 0.29) is 30.7 Å². The zero-order chi connectivity index (χ0) is 43.6. The van der Waals surface area contributed by atoms with Gasteiger partial charge in [-0.3, -0.25) is 9.80 Å². The van der Waals surface area contributed by atoms with Gasteiger partial charge in [0.25, 0.3) is 0 Å². The van der Waals surface area contributed by atoms with Gasteiger partial charge in [0.2, 0.25) is 0 Å². The van der Waals surface area contributed by atoms with Crippen molar-refractivity contribution in [1.29, 1.82) is 0 Å². The molecule has 3 N–H and O–H groups in total. The molecule has 7 nitrogen and oxygen atoms in total. The summed E-state index contributed by atoms with van der Waals surface area (Å²) in [6, 6.07) is 67.3. The first kappa shape index (κ1) is 40.7. The van der Waals surface area contributed by atoms with Crippen LogP contribution in [0.1, 0.15) is 77.5 Å². The van der Waals surface area contributed by atoms with E-state index in [9.17, 15) is 0 Å². The molecular formula is C57H53N7. The topological polar surface area (TPSA) is 67.3 Å². The van der Waals surface area contributed by atoms with Crippen molar-refractivity contribution in [3.05, 3.63) is 245 Å². The van der Waals surface area contributed by atoms with Crippen molar-refractivity contribution in [3.63, 3.8) is 0 Å². The van der Waals surface area contributed by atoms with E-state index in [1.807, 2.05) is 6.07 Å². The molecule has 10 rings (SSSR count). The predicted octanol–water partition coefficient (Wildman–Crippen LogP) is 11.7. The van der Waals surface area contributed by atoms with Crippen LogP contribution in [0.5, 0.6) is 0 Å². The van der Waals surface area contributed by atoms with Gasteiger partial charge in [-0.05, 0) is 84.1 Å². The number of rotatable bonds is 9. The summed E-state index contributed by atoms with van der Waals surface area (Å²) in [5, 5.41) is 11.3. The Balaban J connectivity index is 1.08. The zero-order valence-electron chi connectivity index (χ0n) is 36.7. The van der Waals surface area contributed by atoms with Gasteiger partial charge in [-0.25, -0.2) is 9.98 Å². The highest BCUT2D eigenvalue weighted by atomic mass is 15.4. The van der Waals surface area contributed by atoms with Crippen LogP contribution in [0.4, 0.5) is 0 Å². The van der Waals surface area contributed by atoms with Crippen molar-refractivity contribution in [3.8, 4) is 22.3 Å². The third-order valence-electron chi connectivity index (χ3n) is 12.7. The molecule has 3 aliphatic rings. The van der Waals surface area contributed by atoms with Gasteiger partial charge >= 0.3 is 0 Å². The summed E-state index contributed by atoms with van der Waals surface area (Å²) < 4.78 is 0. The highest BCUT2D eigenvalue weighted by Gasteiger charge is 2.33. The van der Waals surface area contributed by atoms with Gasteiger partial charge in [0.15, 0.2) is 0 Å². The number of dihydropyridines is 1. The number of benzene rings is 7. The summed E-state index contributed by atoms with van der Waals surface area (Å²) >= 11 is 0. The molecule has 0 saturated carbocycles. The number of allylic oxidation sites excluding steroid dienone is 3. The molecule has 0 spiro atoms. The Labute approximate surface area is 377 Å². The standard InChI is InChI=1S/C57H53N7/c1-38-29-35-47(39(2)58-38)46-34-36-49(48-27-17-18-28-50(48)53-61-55(43-23-13-7-14-24-43)64(4)56(62-53)44-25-15-8-16-26-44)51(37-46)40-30-32-45(33-31-40)57-60-52(41-19-9-5-10-20-41)59-54(63(57)3)42-21-11-6-12-22-42/h5-38,54-58H,1-4H3,(H,59,60)(H,61,62). The molecule has 0 bridgehead atoms. The van der Waals surface area contributed by atoms with Gasteiger partial charge in [0.05, 0.1) is 0 Å². The van der Waals surface area contributed by atoms with Crippen LogP contribution >= 0.6 is 0 Å². The number of hydrogen-bond donors (Lipinski definition) is 3. The fourth-order valence-corrected chi connectivity index (χ4v) is 9.39. The van der Waals surface area contributed by atoms with Crippen molar-refractivity contribution in [2.75, 3.05) is 14.1 Å². The lowest BCUT2D eigenvalue weighted by atomic mass is 9.87. The minimum absolute atomic E-state index is 0.0929. The van der Waals surface area contributed by atoms with Crippen molar-refractivity contribution in [2.24, 2.45) is 9.98 Å². The molecule has 0 aliphatic carbocycles. The molecule has 7 heteroatoms. The summed E-state index contributed by atoms with van der Waals surface area (Å²) in [5.41, 5.74) is 14.8. The molecule has 0 aromatic heterocycles. The molecule has 7 aromatic carbocycles. The maximum absolute atomic E-state index is 5.49. The predicted molar refractivity (Wildman–Crippen MR) is 263 cm³/mol. The Morgan fingerprint density at radius 2 is 0.891 bits per heavy atom. The first-order chi connectivity index (χ1) is 31.4. The monoisotopic (exact) mass is 835 g/mol. The highest BCUT2D eigenvalue weighted by Crippen LogP contribution is 2.41. The smallest absolute Gasteiger partial charge is 0.132 e. The van der Waals surface area contributed by atoms with Crippen molar-refractivity contribution >= 4 is 17.2 Å². The van der Waals surface area contributed by atoms with E-state index in [4.69, 9.17) is 9.98 Å². The number of nitrogens with zero attached hydrogens (tertiary/aromatic N) is 4. The Kier molecular flexibility index (Phi) is 11.3. The maximum Gasteiger partial charge on any atom is 0.132 e. The molecule has 3 heterocycles. The minimum atomic E-state index is -0.187. The lowest BCUT2D eigenvalue weighted by Crippen LogP contribution is -2.46. The lowest BCUT2D eigenvalue weighted by molar-refractivity contribution is 0.152. The Bertz CT molecular complexity index is 2870. The van der Waals surface area contributed by atoms with Gasteiger partial charge < -0.3 is 16.0 Å². The molecule has 64 heavy (non-hydrogen) atoms. The molecule has 0 fully saturated rings. The average Bonchev–Trinajstić information content (AvgIpc) is 3.35. The number of nitrogens with one attached hydrogen (secondary N) is 3. The van der Waals surface area contributed by atoms with E-state index in [2.05, 4.69) is 248 Å². The van der Waals surface area contributed by atoms with Gasteiger partial charge in [-0.15, -0.1) is 0 Å². The van der Waals surface area contributed by atoms with E-state index in [0.717, 1.165) is 61.7 Å². The molecule has 0 radical (unpaired) electrons. The molecule has 0 saturated heterocycles. The van der Waals surface area contributed by atoms with Crippen LogP contribution in [0.2, 0.25) is 0 Å². The van der Waals surface area contributed by atoms with E-state index >= 15 is 0 Å². The van der Waals surface area contributed by atoms with Crippen molar-refractivity contribution in [1.82, 2.24) is 25.8 Å². The summed E-state index contributed by atoms with van der Waals surface area (Å²) in [6.07, 6.45) is 3.95. The Hall–Kier alpha value is -7.32. The number of aliphatic imine (C=N–C) groups is 2. The summed E-state index contributed by atoms with van der Waals surface area (Å²) in [6.45, 7) is 4.36. The second-order valence-electron chi connectivity index (χ2n) is 17.0. The largest absolute Gasteiger partial charge is 0.382 e. The van der Waals surface area contributed by atoms with Crippen LogP contribution in [-0.4, -0.2) is 41.6 Å². The zero-order valence-corrected chi connectivity index (χ0v) is 36.7. The van der Waals surface area contributed by atoms with Crippen LogP contribution in [-0.2, 0) is 0 Å². The number of hydrogen-bond acceptors (Lipinski definition) is 7. The maximum atomic E-state index is 5.49. The molecule has 5 atom stereocenters. The second kappa shape index (κ2) is 17.8. The van der Waals surface area contributed by atoms with Crippen molar-refractivity contribution in [2.45, 2.75) is 44.6 Å². The lowest BCUT2D eigenvalue weighted by Gasteiger charge is -2.39. The van der Waals surface area contributed by atoms with E-state index < -0.39 is 0 Å². The molecular weight excluding hydrogens is 783 g/mol. The van der Waals surface area contributed by atoms with Crippen LogP contribution in [0.25, 0.3) is 27.8 Å². The Morgan fingerprint density at radius 3 is 1.48 bits per heavy atom. The quantitative estimate of drug-likeness (QED) is 0.135. The molecule has 7 aromatic rings. The van der Waals surface area contributed by atoms with Gasteiger partial charge in [-0.1, -0.05) is 194 Å². The highest BCUT2D eigenvalue weighted by molar-refractivity contribution is 6.07. The molecule has 5 unspecified atom stereocenters. The van der Waals surface area contributed by atoms with E-state index in [1.54, 1.807) is 0 Å². The average molecular weight is 836 g/mol. The fraction of sp³-hybridized carbons (Fsp3) is 0.158. The van der Waals surface area contributed by atoms with Crippen LogP contribution in [0.3, 0.4) is 0 Å². The van der Waals surface area contributed by atoms with Gasteiger partial charge in [-0.2, -0.15) is 0 Å². The molecule has 316 valence electrons. The van der Waals surface area contributed by atoms with E-state index in [1.165, 1.54) is 22.4 Å². The SMILES string of the molecule is CC1=C(c2ccc(-c3ccccc3C3=NC(c4ccccc4)N(C)C(c4ccccc4)N3)c(-c3ccc(C4NC(c5ccccc5)=NC(c5ccccc5)N4C)cc3)c2)C=CC(C)N1. The van der Waals surface area contributed by atoms with Crippen LogP contribution in [0.15, 0.2) is 216 Å². The summed E-state index contributed by atoms with van der Waals surface area (Å²) in [5.74, 6) is 1.75. The normalized spacial score (nSPS) is 21.3. The molecule has 3 aliphatic heterocycles. The van der Waals surface area contributed by atoms with Crippen molar-refractivity contribution < 1.29 is 0 Å².